The molecule has 0 saturated heterocycles. The van der Waals surface area contributed by atoms with Gasteiger partial charge in [-0.15, -0.1) is 0 Å². The fourth-order valence-corrected chi connectivity index (χ4v) is 1.99. The third kappa shape index (κ3) is 4.61. The number of rotatable bonds is 9. The first-order valence-electron chi connectivity index (χ1n) is 6.79. The van der Waals surface area contributed by atoms with Gasteiger partial charge in [0.1, 0.15) is 6.04 Å². The maximum atomic E-state index is 12.2. The Labute approximate surface area is 125 Å². The van der Waals surface area contributed by atoms with Crippen LogP contribution in [0.1, 0.15) is 18.5 Å². The highest BCUT2D eigenvalue weighted by Gasteiger charge is 2.26. The lowest BCUT2D eigenvalue weighted by atomic mass is 10.0. The highest BCUT2D eigenvalue weighted by Crippen LogP contribution is 2.35. The molecule has 118 valence electrons. The van der Waals surface area contributed by atoms with E-state index in [1.165, 1.54) is 0 Å². The molecule has 1 N–H and O–H groups in total. The van der Waals surface area contributed by atoms with Gasteiger partial charge in [-0.05, 0) is 13.0 Å². The second kappa shape index (κ2) is 9.20. The van der Waals surface area contributed by atoms with E-state index in [9.17, 15) is 4.79 Å². The lowest BCUT2D eigenvalue weighted by Gasteiger charge is -2.21. The van der Waals surface area contributed by atoms with Crippen LogP contribution < -0.4 is 14.8 Å². The molecule has 0 fully saturated rings. The summed E-state index contributed by atoms with van der Waals surface area (Å²) in [5.41, 5.74) is 0.673. The van der Waals surface area contributed by atoms with Gasteiger partial charge in [-0.3, -0.25) is 5.32 Å². The molecule has 6 heteroatoms. The molecule has 6 nitrogen and oxygen atoms in total. The van der Waals surface area contributed by atoms with Crippen molar-refractivity contribution in [3.05, 3.63) is 23.8 Å². The second-order valence-corrected chi connectivity index (χ2v) is 4.21. The molecule has 1 aromatic carbocycles. The van der Waals surface area contributed by atoms with E-state index in [1.807, 2.05) is 6.07 Å². The molecular weight excluding hydrogens is 274 g/mol. The molecule has 0 aromatic heterocycles. The molecule has 0 aliphatic rings. The van der Waals surface area contributed by atoms with Gasteiger partial charge in [0.05, 0.1) is 27.4 Å². The van der Waals surface area contributed by atoms with Crippen LogP contribution in [0, 0.1) is 0 Å². The fraction of sp³-hybridized carbons (Fsp3) is 0.533. The summed E-state index contributed by atoms with van der Waals surface area (Å²) >= 11 is 0. The average molecular weight is 297 g/mol. The lowest BCUT2D eigenvalue weighted by molar-refractivity contribution is -0.146. The number of esters is 1. The van der Waals surface area contributed by atoms with Crippen LogP contribution in [0.25, 0.3) is 0 Å². The van der Waals surface area contributed by atoms with Gasteiger partial charge in [0.25, 0.3) is 0 Å². The van der Waals surface area contributed by atoms with E-state index in [4.69, 9.17) is 18.9 Å². The fourth-order valence-electron chi connectivity index (χ4n) is 1.99. The number of benzene rings is 1. The summed E-state index contributed by atoms with van der Waals surface area (Å²) in [5.74, 6) is 0.723. The van der Waals surface area contributed by atoms with E-state index in [1.54, 1.807) is 40.4 Å². The monoisotopic (exact) mass is 297 g/mol. The predicted octanol–water partition coefficient (Wildman–Crippen LogP) is 1.54. The van der Waals surface area contributed by atoms with Crippen LogP contribution in [0.15, 0.2) is 18.2 Å². The number of hydrogen-bond acceptors (Lipinski definition) is 6. The SMILES string of the molecule is CCOC(=O)C(NCCOC)c1cccc(OC)c1OC. The van der Waals surface area contributed by atoms with Gasteiger partial charge < -0.3 is 18.9 Å². The Kier molecular flexibility index (Phi) is 7.56. The van der Waals surface area contributed by atoms with Gasteiger partial charge in [-0.2, -0.15) is 0 Å². The third-order valence-electron chi connectivity index (χ3n) is 2.92. The maximum Gasteiger partial charge on any atom is 0.327 e. The van der Waals surface area contributed by atoms with Gasteiger partial charge >= 0.3 is 5.97 Å². The van der Waals surface area contributed by atoms with E-state index in [-0.39, 0.29) is 5.97 Å². The van der Waals surface area contributed by atoms with Crippen molar-refractivity contribution >= 4 is 5.97 Å². The van der Waals surface area contributed by atoms with Crippen molar-refractivity contribution in [2.45, 2.75) is 13.0 Å². The van der Waals surface area contributed by atoms with Gasteiger partial charge in [0.2, 0.25) is 0 Å². The minimum Gasteiger partial charge on any atom is -0.493 e. The Morgan fingerprint density at radius 2 is 2.00 bits per heavy atom. The first-order valence-corrected chi connectivity index (χ1v) is 6.79. The molecule has 0 saturated carbocycles. The van der Waals surface area contributed by atoms with Gasteiger partial charge in [0.15, 0.2) is 11.5 Å². The first kappa shape index (κ1) is 17.3. The van der Waals surface area contributed by atoms with Crippen molar-refractivity contribution in [2.24, 2.45) is 0 Å². The van der Waals surface area contributed by atoms with Gasteiger partial charge in [-0.1, -0.05) is 12.1 Å². The van der Waals surface area contributed by atoms with Gasteiger partial charge in [0, 0.05) is 19.2 Å². The van der Waals surface area contributed by atoms with Crippen LogP contribution in [0.3, 0.4) is 0 Å². The third-order valence-corrected chi connectivity index (χ3v) is 2.92. The van der Waals surface area contributed by atoms with Crippen LogP contribution in [0.4, 0.5) is 0 Å². The molecule has 0 bridgehead atoms. The predicted molar refractivity (Wildman–Crippen MR) is 78.8 cm³/mol. The highest BCUT2D eigenvalue weighted by molar-refractivity contribution is 5.79. The van der Waals surface area contributed by atoms with E-state index in [0.717, 1.165) is 0 Å². The van der Waals surface area contributed by atoms with E-state index >= 15 is 0 Å². The van der Waals surface area contributed by atoms with Crippen LogP contribution >= 0.6 is 0 Å². The molecule has 1 atom stereocenters. The van der Waals surface area contributed by atoms with Crippen molar-refractivity contribution in [1.82, 2.24) is 5.32 Å². The molecule has 1 unspecified atom stereocenters. The summed E-state index contributed by atoms with van der Waals surface area (Å²) in [4.78, 5) is 12.2. The first-order chi connectivity index (χ1) is 10.2. The Morgan fingerprint density at radius 1 is 1.24 bits per heavy atom. The molecule has 0 spiro atoms. The zero-order chi connectivity index (χ0) is 15.7. The quantitative estimate of drug-likeness (QED) is 0.551. The van der Waals surface area contributed by atoms with E-state index in [0.29, 0.717) is 36.8 Å². The number of para-hydroxylation sites is 1. The summed E-state index contributed by atoms with van der Waals surface area (Å²) in [7, 11) is 4.70. The summed E-state index contributed by atoms with van der Waals surface area (Å²) < 4.78 is 20.8. The zero-order valence-corrected chi connectivity index (χ0v) is 13.0. The number of carbonyl (C=O) groups excluding carboxylic acids is 1. The molecule has 0 heterocycles. The number of ether oxygens (including phenoxy) is 4. The second-order valence-electron chi connectivity index (χ2n) is 4.21. The average Bonchev–Trinajstić information content (AvgIpc) is 2.51. The topological polar surface area (TPSA) is 66.0 Å². The Hall–Kier alpha value is -1.79. The Balaban J connectivity index is 3.09. The van der Waals surface area contributed by atoms with Crippen molar-refractivity contribution in [2.75, 3.05) is 41.1 Å². The number of hydrogen-bond donors (Lipinski definition) is 1. The van der Waals surface area contributed by atoms with Crippen LogP contribution in [-0.2, 0) is 14.3 Å². The summed E-state index contributed by atoms with van der Waals surface area (Å²) in [5, 5.41) is 3.11. The smallest absolute Gasteiger partial charge is 0.327 e. The number of nitrogens with one attached hydrogen (secondary N) is 1. The van der Waals surface area contributed by atoms with Crippen LogP contribution in [-0.4, -0.2) is 47.1 Å². The largest absolute Gasteiger partial charge is 0.493 e. The summed E-state index contributed by atoms with van der Waals surface area (Å²) in [6.07, 6.45) is 0. The van der Waals surface area contributed by atoms with E-state index < -0.39 is 6.04 Å². The number of methoxy groups -OCH3 is 3. The lowest BCUT2D eigenvalue weighted by Crippen LogP contribution is -2.32. The molecule has 1 aromatic rings. The van der Waals surface area contributed by atoms with Crippen molar-refractivity contribution < 1.29 is 23.7 Å². The molecule has 0 radical (unpaired) electrons. The number of carbonyl (C=O) groups is 1. The standard InChI is InChI=1S/C15H23NO5/c1-5-21-15(17)13(16-9-10-18-2)11-7-6-8-12(19-3)14(11)20-4/h6-8,13,16H,5,9-10H2,1-4H3. The van der Waals surface area contributed by atoms with Crippen LogP contribution in [0.5, 0.6) is 11.5 Å². The molecule has 0 aliphatic heterocycles. The Morgan fingerprint density at radius 3 is 2.57 bits per heavy atom. The zero-order valence-electron chi connectivity index (χ0n) is 13.0. The van der Waals surface area contributed by atoms with Crippen LogP contribution in [0.2, 0.25) is 0 Å². The highest BCUT2D eigenvalue weighted by atomic mass is 16.5. The minimum atomic E-state index is -0.634. The normalized spacial score (nSPS) is 11.8. The maximum absolute atomic E-state index is 12.2. The molecule has 0 amide bonds. The summed E-state index contributed by atoms with van der Waals surface area (Å²) in [6, 6.07) is 4.76. The molecule has 0 aliphatic carbocycles. The van der Waals surface area contributed by atoms with Crippen molar-refractivity contribution in [3.8, 4) is 11.5 Å². The van der Waals surface area contributed by atoms with Crippen molar-refractivity contribution in [3.63, 3.8) is 0 Å². The molecular formula is C15H23NO5. The van der Waals surface area contributed by atoms with Gasteiger partial charge in [-0.25, -0.2) is 4.79 Å². The molecule has 1 rings (SSSR count). The summed E-state index contributed by atoms with van der Waals surface area (Å²) in [6.45, 7) is 3.09. The minimum absolute atomic E-state index is 0.313. The van der Waals surface area contributed by atoms with Crippen molar-refractivity contribution in [1.29, 1.82) is 0 Å². The van der Waals surface area contributed by atoms with E-state index in [2.05, 4.69) is 5.32 Å². The molecule has 21 heavy (non-hydrogen) atoms. The Bertz CT molecular complexity index is 450.